The average Bonchev–Trinajstić information content (AvgIpc) is 2.67. The van der Waals surface area contributed by atoms with E-state index in [2.05, 4.69) is 10.1 Å². The first-order valence-corrected chi connectivity index (χ1v) is 4.46. The minimum Gasteiger partial charge on any atom is -0.334 e. The zero-order valence-corrected chi connectivity index (χ0v) is 9.26. The second-order valence-electron chi connectivity index (χ2n) is 2.73. The molecule has 0 saturated heterocycles. The van der Waals surface area contributed by atoms with Crippen molar-refractivity contribution < 1.29 is 4.52 Å². The number of aromatic nitrogens is 2. The van der Waals surface area contributed by atoms with Crippen LogP contribution in [0, 0.1) is 0 Å². The number of nitrogens with two attached hydrogens (primary N) is 1. The maximum absolute atomic E-state index is 5.74. The first kappa shape index (κ1) is 12.0. The Kier molecular flexibility index (Phi) is 4.08. The molecule has 6 heteroatoms. The predicted octanol–water partition coefficient (Wildman–Crippen LogP) is 2.27. The molecule has 0 aliphatic carbocycles. The van der Waals surface area contributed by atoms with Crippen LogP contribution in [0.1, 0.15) is 5.82 Å². The molecule has 1 aromatic heterocycles. The van der Waals surface area contributed by atoms with E-state index >= 15 is 0 Å². The number of hydrogen-bond donors (Lipinski definition) is 1. The second kappa shape index (κ2) is 5.11. The van der Waals surface area contributed by atoms with Crippen molar-refractivity contribution in [2.24, 2.45) is 5.73 Å². The normalized spacial score (nSPS) is 9.73. The number of hydrogen-bond acceptors (Lipinski definition) is 4. The monoisotopic (exact) mass is 245 g/mol. The van der Waals surface area contributed by atoms with Crippen molar-refractivity contribution in [3.05, 3.63) is 35.1 Å². The van der Waals surface area contributed by atoms with Crippen LogP contribution in [0.3, 0.4) is 0 Å². The highest BCUT2D eigenvalue weighted by Gasteiger charge is 2.06. The van der Waals surface area contributed by atoms with Crippen molar-refractivity contribution in [2.45, 2.75) is 6.54 Å². The van der Waals surface area contributed by atoms with Gasteiger partial charge in [0.2, 0.25) is 0 Å². The van der Waals surface area contributed by atoms with Crippen molar-refractivity contribution in [3.8, 4) is 11.5 Å². The SMILES string of the molecule is Cl.NCc1noc(-c2ccc(Cl)cc2)n1. The minimum absolute atomic E-state index is 0. The molecular weight excluding hydrogens is 237 g/mol. The highest BCUT2D eigenvalue weighted by Crippen LogP contribution is 2.19. The third-order valence-electron chi connectivity index (χ3n) is 1.74. The summed E-state index contributed by atoms with van der Waals surface area (Å²) in [6.07, 6.45) is 0. The fourth-order valence-corrected chi connectivity index (χ4v) is 1.17. The summed E-state index contributed by atoms with van der Waals surface area (Å²) in [7, 11) is 0. The van der Waals surface area contributed by atoms with Crippen LogP contribution in [0.15, 0.2) is 28.8 Å². The zero-order valence-electron chi connectivity index (χ0n) is 7.68. The molecule has 0 aliphatic heterocycles. The number of nitrogens with zero attached hydrogens (tertiary/aromatic N) is 2. The Hall–Kier alpha value is -1.10. The summed E-state index contributed by atoms with van der Waals surface area (Å²) in [6.45, 7) is 0.275. The molecule has 0 spiro atoms. The molecule has 80 valence electrons. The molecule has 1 aromatic carbocycles. The van der Waals surface area contributed by atoms with E-state index in [9.17, 15) is 0 Å². The van der Waals surface area contributed by atoms with E-state index in [1.165, 1.54) is 0 Å². The van der Waals surface area contributed by atoms with E-state index in [4.69, 9.17) is 21.9 Å². The lowest BCUT2D eigenvalue weighted by Gasteiger charge is -1.92. The van der Waals surface area contributed by atoms with E-state index in [1.54, 1.807) is 12.1 Å². The van der Waals surface area contributed by atoms with Crippen molar-refractivity contribution in [3.63, 3.8) is 0 Å². The van der Waals surface area contributed by atoms with E-state index in [1.807, 2.05) is 12.1 Å². The fraction of sp³-hybridized carbons (Fsp3) is 0.111. The van der Waals surface area contributed by atoms with E-state index < -0.39 is 0 Å². The first-order chi connectivity index (χ1) is 6.79. The van der Waals surface area contributed by atoms with Gasteiger partial charge in [0.1, 0.15) is 0 Å². The van der Waals surface area contributed by atoms with Gasteiger partial charge in [-0.05, 0) is 24.3 Å². The Balaban J connectivity index is 0.00000112. The Morgan fingerprint density at radius 2 is 1.93 bits per heavy atom. The largest absolute Gasteiger partial charge is 0.334 e. The highest BCUT2D eigenvalue weighted by atomic mass is 35.5. The Bertz CT molecular complexity index is 427. The summed E-state index contributed by atoms with van der Waals surface area (Å²) in [5.74, 6) is 0.956. The van der Waals surface area contributed by atoms with Gasteiger partial charge in [0.15, 0.2) is 5.82 Å². The summed E-state index contributed by atoms with van der Waals surface area (Å²) in [5, 5.41) is 4.36. The molecular formula is C9H9Cl2N3O. The molecule has 2 rings (SSSR count). The van der Waals surface area contributed by atoms with Gasteiger partial charge in [0, 0.05) is 10.6 Å². The molecule has 0 radical (unpaired) electrons. The van der Waals surface area contributed by atoms with Gasteiger partial charge in [0.25, 0.3) is 5.89 Å². The smallest absolute Gasteiger partial charge is 0.257 e. The van der Waals surface area contributed by atoms with E-state index in [-0.39, 0.29) is 19.0 Å². The maximum Gasteiger partial charge on any atom is 0.257 e. The molecule has 0 aliphatic rings. The lowest BCUT2D eigenvalue weighted by molar-refractivity contribution is 0.423. The minimum atomic E-state index is 0. The summed E-state index contributed by atoms with van der Waals surface area (Å²) >= 11 is 5.74. The van der Waals surface area contributed by atoms with E-state index in [0.717, 1.165) is 5.56 Å². The lowest BCUT2D eigenvalue weighted by atomic mass is 10.2. The van der Waals surface area contributed by atoms with Crippen LogP contribution < -0.4 is 5.73 Å². The van der Waals surface area contributed by atoms with Gasteiger partial charge in [-0.15, -0.1) is 12.4 Å². The number of benzene rings is 1. The summed E-state index contributed by atoms with van der Waals surface area (Å²) in [4.78, 5) is 4.08. The van der Waals surface area contributed by atoms with Gasteiger partial charge in [-0.25, -0.2) is 0 Å². The summed E-state index contributed by atoms with van der Waals surface area (Å²) in [6, 6.07) is 7.17. The molecule has 0 bridgehead atoms. The number of rotatable bonds is 2. The standard InChI is InChI=1S/C9H8ClN3O.ClH/c10-7-3-1-6(2-4-7)9-12-8(5-11)13-14-9;/h1-4H,5,11H2;1H. The Morgan fingerprint density at radius 3 is 2.47 bits per heavy atom. The number of halogens is 2. The Labute approximate surface area is 97.8 Å². The van der Waals surface area contributed by atoms with Crippen molar-refractivity contribution in [1.82, 2.24) is 10.1 Å². The van der Waals surface area contributed by atoms with Crippen molar-refractivity contribution >= 4 is 24.0 Å². The molecule has 2 aromatic rings. The zero-order chi connectivity index (χ0) is 9.97. The van der Waals surface area contributed by atoms with Gasteiger partial charge in [0.05, 0.1) is 6.54 Å². The molecule has 0 atom stereocenters. The quantitative estimate of drug-likeness (QED) is 0.882. The van der Waals surface area contributed by atoms with Gasteiger partial charge < -0.3 is 10.3 Å². The van der Waals surface area contributed by atoms with Gasteiger partial charge >= 0.3 is 0 Å². The third kappa shape index (κ3) is 2.68. The predicted molar refractivity (Wildman–Crippen MR) is 59.9 cm³/mol. The summed E-state index contributed by atoms with van der Waals surface area (Å²) < 4.78 is 5.00. The maximum atomic E-state index is 5.74. The molecule has 0 amide bonds. The van der Waals surface area contributed by atoms with Gasteiger partial charge in [-0.1, -0.05) is 16.8 Å². The van der Waals surface area contributed by atoms with Crippen LogP contribution in [0.4, 0.5) is 0 Å². The second-order valence-corrected chi connectivity index (χ2v) is 3.16. The van der Waals surface area contributed by atoms with Gasteiger partial charge in [-0.3, -0.25) is 0 Å². The molecule has 2 N–H and O–H groups in total. The van der Waals surface area contributed by atoms with Crippen LogP contribution in [0.5, 0.6) is 0 Å². The fourth-order valence-electron chi connectivity index (χ4n) is 1.05. The topological polar surface area (TPSA) is 64.9 Å². The van der Waals surface area contributed by atoms with Gasteiger partial charge in [-0.2, -0.15) is 4.98 Å². The molecule has 15 heavy (non-hydrogen) atoms. The molecule has 0 fully saturated rings. The molecule has 4 nitrogen and oxygen atoms in total. The van der Waals surface area contributed by atoms with E-state index in [0.29, 0.717) is 16.7 Å². The Morgan fingerprint density at radius 1 is 1.27 bits per heavy atom. The van der Waals surface area contributed by atoms with Crippen LogP contribution in [-0.4, -0.2) is 10.1 Å². The molecule has 1 heterocycles. The third-order valence-corrected chi connectivity index (χ3v) is 1.99. The van der Waals surface area contributed by atoms with Crippen LogP contribution >= 0.6 is 24.0 Å². The van der Waals surface area contributed by atoms with Crippen molar-refractivity contribution in [1.29, 1.82) is 0 Å². The molecule has 0 saturated carbocycles. The van der Waals surface area contributed by atoms with Crippen molar-refractivity contribution in [2.75, 3.05) is 0 Å². The van der Waals surface area contributed by atoms with Crippen LogP contribution in [0.2, 0.25) is 5.02 Å². The van der Waals surface area contributed by atoms with Crippen LogP contribution in [0.25, 0.3) is 11.5 Å². The first-order valence-electron chi connectivity index (χ1n) is 4.08. The lowest BCUT2D eigenvalue weighted by Crippen LogP contribution is -1.97. The summed E-state index contributed by atoms with van der Waals surface area (Å²) in [5.41, 5.74) is 6.19. The highest BCUT2D eigenvalue weighted by molar-refractivity contribution is 6.30. The molecule has 0 unspecified atom stereocenters. The average molecular weight is 246 g/mol. The van der Waals surface area contributed by atoms with Crippen LogP contribution in [-0.2, 0) is 6.54 Å².